The number of aliphatic hydroxyl groups excluding tert-OH is 1. The van der Waals surface area contributed by atoms with Crippen molar-refractivity contribution in [3.05, 3.63) is 29.8 Å². The fraction of sp³-hybridized carbons (Fsp3) is 0.455. The smallest absolute Gasteiger partial charge is 0.126 e. The molecule has 0 spiro atoms. The molecule has 0 atom stereocenters. The normalized spacial score (nSPS) is 11.4. The van der Waals surface area contributed by atoms with E-state index >= 15 is 0 Å². The highest BCUT2D eigenvalue weighted by molar-refractivity contribution is 5.33. The quantitative estimate of drug-likeness (QED) is 0.761. The zero-order valence-corrected chi connectivity index (χ0v) is 8.66. The standard InChI is InChI=1S/C11H17NO2/c1-11(2,8-13)14-10-6-4-3-5-9(10)7-12/h3-6,13H,7-8,12H2,1-2H3. The van der Waals surface area contributed by atoms with Crippen molar-refractivity contribution in [2.75, 3.05) is 6.61 Å². The van der Waals surface area contributed by atoms with Crippen molar-refractivity contribution >= 4 is 0 Å². The van der Waals surface area contributed by atoms with Crippen LogP contribution in [0.2, 0.25) is 0 Å². The average Bonchev–Trinajstić information content (AvgIpc) is 2.18. The van der Waals surface area contributed by atoms with Crippen molar-refractivity contribution in [2.45, 2.75) is 26.0 Å². The average molecular weight is 195 g/mol. The topological polar surface area (TPSA) is 55.5 Å². The maximum atomic E-state index is 9.06. The summed E-state index contributed by atoms with van der Waals surface area (Å²) >= 11 is 0. The third-order valence-corrected chi connectivity index (χ3v) is 1.96. The minimum atomic E-state index is -0.564. The van der Waals surface area contributed by atoms with Crippen LogP contribution in [-0.2, 0) is 6.54 Å². The van der Waals surface area contributed by atoms with Crippen LogP contribution in [-0.4, -0.2) is 17.3 Å². The highest BCUT2D eigenvalue weighted by Crippen LogP contribution is 2.22. The molecule has 1 aromatic carbocycles. The van der Waals surface area contributed by atoms with Gasteiger partial charge in [0.2, 0.25) is 0 Å². The zero-order valence-electron chi connectivity index (χ0n) is 8.66. The van der Waals surface area contributed by atoms with Crippen molar-refractivity contribution in [1.82, 2.24) is 0 Å². The summed E-state index contributed by atoms with van der Waals surface area (Å²) in [6, 6.07) is 7.59. The van der Waals surface area contributed by atoms with Crippen molar-refractivity contribution < 1.29 is 9.84 Å². The van der Waals surface area contributed by atoms with Crippen LogP contribution in [0.3, 0.4) is 0 Å². The van der Waals surface area contributed by atoms with E-state index in [1.54, 1.807) is 0 Å². The van der Waals surface area contributed by atoms with Gasteiger partial charge >= 0.3 is 0 Å². The highest BCUT2D eigenvalue weighted by Gasteiger charge is 2.19. The molecule has 0 saturated carbocycles. The number of nitrogens with two attached hydrogens (primary N) is 1. The van der Waals surface area contributed by atoms with E-state index in [2.05, 4.69) is 0 Å². The van der Waals surface area contributed by atoms with Gasteiger partial charge < -0.3 is 15.6 Å². The van der Waals surface area contributed by atoms with Gasteiger partial charge in [-0.2, -0.15) is 0 Å². The monoisotopic (exact) mass is 195 g/mol. The molecular formula is C11H17NO2. The summed E-state index contributed by atoms with van der Waals surface area (Å²) in [5.41, 5.74) is 5.96. The second-order valence-corrected chi connectivity index (χ2v) is 3.83. The third-order valence-electron chi connectivity index (χ3n) is 1.96. The molecule has 0 unspecified atom stereocenters. The highest BCUT2D eigenvalue weighted by atomic mass is 16.5. The van der Waals surface area contributed by atoms with Crippen LogP contribution >= 0.6 is 0 Å². The van der Waals surface area contributed by atoms with E-state index in [4.69, 9.17) is 15.6 Å². The first-order valence-electron chi connectivity index (χ1n) is 4.67. The number of hydrogen-bond acceptors (Lipinski definition) is 3. The molecule has 0 bridgehead atoms. The number of para-hydroxylation sites is 1. The lowest BCUT2D eigenvalue weighted by atomic mass is 10.1. The molecule has 0 radical (unpaired) electrons. The van der Waals surface area contributed by atoms with Crippen molar-refractivity contribution in [1.29, 1.82) is 0 Å². The van der Waals surface area contributed by atoms with Gasteiger partial charge in [0.1, 0.15) is 11.4 Å². The number of rotatable bonds is 4. The molecule has 3 heteroatoms. The Morgan fingerprint density at radius 3 is 2.57 bits per heavy atom. The molecule has 78 valence electrons. The first-order valence-corrected chi connectivity index (χ1v) is 4.67. The van der Waals surface area contributed by atoms with Gasteiger partial charge in [-0.25, -0.2) is 0 Å². The first-order chi connectivity index (χ1) is 6.59. The second-order valence-electron chi connectivity index (χ2n) is 3.83. The summed E-state index contributed by atoms with van der Waals surface area (Å²) < 4.78 is 5.64. The Balaban J connectivity index is 2.85. The van der Waals surface area contributed by atoms with Crippen LogP contribution in [0.5, 0.6) is 5.75 Å². The Labute approximate surface area is 84.5 Å². The number of ether oxygens (including phenoxy) is 1. The summed E-state index contributed by atoms with van der Waals surface area (Å²) in [7, 11) is 0. The molecule has 1 rings (SSSR count). The van der Waals surface area contributed by atoms with Gasteiger partial charge in [0.05, 0.1) is 6.61 Å². The van der Waals surface area contributed by atoms with E-state index in [0.717, 1.165) is 11.3 Å². The van der Waals surface area contributed by atoms with Gasteiger partial charge in [-0.15, -0.1) is 0 Å². The summed E-state index contributed by atoms with van der Waals surface area (Å²) in [6.07, 6.45) is 0. The van der Waals surface area contributed by atoms with Crippen molar-refractivity contribution in [3.63, 3.8) is 0 Å². The zero-order chi connectivity index (χ0) is 10.6. The molecular weight excluding hydrogens is 178 g/mol. The van der Waals surface area contributed by atoms with Crippen LogP contribution in [0.15, 0.2) is 24.3 Å². The lowest BCUT2D eigenvalue weighted by molar-refractivity contribution is 0.0404. The van der Waals surface area contributed by atoms with Crippen LogP contribution in [0.4, 0.5) is 0 Å². The fourth-order valence-electron chi connectivity index (χ4n) is 1.10. The maximum absolute atomic E-state index is 9.06. The van der Waals surface area contributed by atoms with Gasteiger partial charge in [-0.1, -0.05) is 18.2 Å². The lowest BCUT2D eigenvalue weighted by Crippen LogP contribution is -2.32. The number of benzene rings is 1. The van der Waals surface area contributed by atoms with E-state index in [-0.39, 0.29) is 6.61 Å². The van der Waals surface area contributed by atoms with Crippen LogP contribution in [0, 0.1) is 0 Å². The molecule has 0 heterocycles. The minimum absolute atomic E-state index is 0.0219. The van der Waals surface area contributed by atoms with Gasteiger partial charge in [0.15, 0.2) is 0 Å². The summed E-state index contributed by atoms with van der Waals surface area (Å²) in [6.45, 7) is 4.09. The largest absolute Gasteiger partial charge is 0.485 e. The summed E-state index contributed by atoms with van der Waals surface area (Å²) in [4.78, 5) is 0. The predicted octanol–water partition coefficient (Wildman–Crippen LogP) is 1.29. The third kappa shape index (κ3) is 2.72. The molecule has 3 N–H and O–H groups in total. The minimum Gasteiger partial charge on any atom is -0.485 e. The molecule has 0 aromatic heterocycles. The van der Waals surface area contributed by atoms with Gasteiger partial charge in [-0.05, 0) is 19.9 Å². The van der Waals surface area contributed by atoms with E-state index in [0.29, 0.717) is 6.54 Å². The lowest BCUT2D eigenvalue weighted by Gasteiger charge is -2.25. The number of hydrogen-bond donors (Lipinski definition) is 2. The van der Waals surface area contributed by atoms with E-state index in [1.807, 2.05) is 38.1 Å². The molecule has 0 aliphatic rings. The Bertz CT molecular complexity index is 297. The molecule has 3 nitrogen and oxygen atoms in total. The number of aliphatic hydroxyl groups is 1. The van der Waals surface area contributed by atoms with Crippen LogP contribution in [0.25, 0.3) is 0 Å². The molecule has 0 saturated heterocycles. The Kier molecular flexibility index (Phi) is 3.49. The predicted molar refractivity (Wildman–Crippen MR) is 56.1 cm³/mol. The molecule has 0 aliphatic heterocycles. The summed E-state index contributed by atoms with van der Waals surface area (Å²) in [5.74, 6) is 0.744. The van der Waals surface area contributed by atoms with E-state index in [9.17, 15) is 0 Å². The maximum Gasteiger partial charge on any atom is 0.126 e. The van der Waals surface area contributed by atoms with Gasteiger partial charge in [0, 0.05) is 12.1 Å². The van der Waals surface area contributed by atoms with E-state index < -0.39 is 5.60 Å². The fourth-order valence-corrected chi connectivity index (χ4v) is 1.10. The van der Waals surface area contributed by atoms with Gasteiger partial charge in [-0.3, -0.25) is 0 Å². The second kappa shape index (κ2) is 4.44. The molecule has 14 heavy (non-hydrogen) atoms. The molecule has 0 aliphatic carbocycles. The Hall–Kier alpha value is -1.06. The first kappa shape index (κ1) is 11.0. The van der Waals surface area contributed by atoms with Gasteiger partial charge in [0.25, 0.3) is 0 Å². The summed E-state index contributed by atoms with van der Waals surface area (Å²) in [5, 5.41) is 9.06. The van der Waals surface area contributed by atoms with Crippen LogP contribution in [0.1, 0.15) is 19.4 Å². The Morgan fingerprint density at radius 1 is 1.36 bits per heavy atom. The molecule has 1 aromatic rings. The SMILES string of the molecule is CC(C)(CO)Oc1ccccc1CN. The van der Waals surface area contributed by atoms with Crippen molar-refractivity contribution in [2.24, 2.45) is 5.73 Å². The molecule has 0 fully saturated rings. The van der Waals surface area contributed by atoms with Crippen LogP contribution < -0.4 is 10.5 Å². The van der Waals surface area contributed by atoms with Crippen molar-refractivity contribution in [3.8, 4) is 5.75 Å². The Morgan fingerprint density at radius 2 is 2.00 bits per heavy atom. The van der Waals surface area contributed by atoms with E-state index in [1.165, 1.54) is 0 Å². The molecule has 0 amide bonds.